The Morgan fingerprint density at radius 1 is 1.67 bits per heavy atom. The summed E-state index contributed by atoms with van der Waals surface area (Å²) in [5.74, 6) is 6.43. The Kier molecular flexibility index (Phi) is 2.19. The Bertz CT molecular complexity index is 171. The van der Waals surface area contributed by atoms with Gasteiger partial charge in [-0.25, -0.2) is 0 Å². The molecule has 1 fully saturated rings. The molecule has 0 nitrogen and oxygen atoms in total. The van der Waals surface area contributed by atoms with E-state index in [1.165, 1.54) is 0 Å². The average Bonchev–Trinajstić information content (AvgIpc) is 2.48. The van der Waals surface area contributed by atoms with E-state index >= 15 is 0 Å². The van der Waals surface area contributed by atoms with Crippen molar-refractivity contribution in [1.82, 2.24) is 0 Å². The molecule has 1 rings (SSSR count). The van der Waals surface area contributed by atoms with Gasteiger partial charge in [0.25, 0.3) is 0 Å². The first kappa shape index (κ1) is 6.71. The summed E-state index contributed by atoms with van der Waals surface area (Å²) >= 11 is 5.70. The van der Waals surface area contributed by atoms with E-state index in [-0.39, 0.29) is 0 Å². The minimum absolute atomic E-state index is 0.336. The summed E-state index contributed by atoms with van der Waals surface area (Å²) in [6.45, 7) is 1.96. The summed E-state index contributed by atoms with van der Waals surface area (Å²) in [4.78, 5) is 0. The lowest BCUT2D eigenvalue weighted by molar-refractivity contribution is 1.18. The van der Waals surface area contributed by atoms with Gasteiger partial charge in [0.05, 0.1) is 0 Å². The molecule has 1 heteroatoms. The maximum Gasteiger partial charge on any atom is 0.0486 e. The van der Waals surface area contributed by atoms with Crippen LogP contribution in [-0.2, 0) is 0 Å². The first-order valence-corrected chi connectivity index (χ1v) is 3.54. The van der Waals surface area contributed by atoms with Gasteiger partial charge in [-0.3, -0.25) is 0 Å². The van der Waals surface area contributed by atoms with Crippen LogP contribution in [0, 0.1) is 17.8 Å². The number of hydrogen-bond acceptors (Lipinski definition) is 0. The van der Waals surface area contributed by atoms with Crippen molar-refractivity contribution in [3.63, 3.8) is 0 Å². The van der Waals surface area contributed by atoms with E-state index in [9.17, 15) is 0 Å². The number of alkyl halides is 1. The standard InChI is InChI=1S/C8H9Cl/c1-2-3-4-5-7-6-8(7)9/h2-3,7-8H,6H2,1H3/b3-2+/t7-,8-/m1/s1. The number of rotatable bonds is 0. The molecule has 0 bridgehead atoms. The van der Waals surface area contributed by atoms with Crippen molar-refractivity contribution in [3.05, 3.63) is 12.2 Å². The molecule has 0 amide bonds. The Hall–Kier alpha value is -0.410. The molecule has 0 aliphatic heterocycles. The van der Waals surface area contributed by atoms with Crippen LogP contribution in [0.5, 0.6) is 0 Å². The van der Waals surface area contributed by atoms with Crippen molar-refractivity contribution in [2.24, 2.45) is 5.92 Å². The van der Waals surface area contributed by atoms with Crippen molar-refractivity contribution in [1.29, 1.82) is 0 Å². The van der Waals surface area contributed by atoms with E-state index in [1.54, 1.807) is 0 Å². The molecule has 9 heavy (non-hydrogen) atoms. The minimum atomic E-state index is 0.336. The summed E-state index contributed by atoms with van der Waals surface area (Å²) in [6.07, 6.45) is 4.85. The van der Waals surface area contributed by atoms with Gasteiger partial charge in [0.1, 0.15) is 0 Å². The van der Waals surface area contributed by atoms with Crippen molar-refractivity contribution in [3.8, 4) is 11.8 Å². The van der Waals surface area contributed by atoms with Gasteiger partial charge in [-0.1, -0.05) is 17.9 Å². The van der Waals surface area contributed by atoms with Crippen LogP contribution in [0.25, 0.3) is 0 Å². The predicted molar refractivity (Wildman–Crippen MR) is 40.3 cm³/mol. The molecule has 1 aliphatic rings. The Morgan fingerprint density at radius 3 is 2.78 bits per heavy atom. The van der Waals surface area contributed by atoms with Crippen LogP contribution in [0.4, 0.5) is 0 Å². The fraction of sp³-hybridized carbons (Fsp3) is 0.500. The van der Waals surface area contributed by atoms with Crippen molar-refractivity contribution >= 4 is 11.6 Å². The summed E-state index contributed by atoms with van der Waals surface area (Å²) in [7, 11) is 0. The molecule has 0 saturated heterocycles. The lowest BCUT2D eigenvalue weighted by Crippen LogP contribution is -1.68. The first-order chi connectivity index (χ1) is 4.34. The molecular weight excluding hydrogens is 132 g/mol. The third-order valence-corrected chi connectivity index (χ3v) is 1.71. The zero-order valence-electron chi connectivity index (χ0n) is 5.39. The molecule has 1 saturated carbocycles. The zero-order valence-corrected chi connectivity index (χ0v) is 6.15. The molecule has 0 aromatic carbocycles. The predicted octanol–water partition coefficient (Wildman–Crippen LogP) is 2.19. The molecule has 0 heterocycles. The lowest BCUT2D eigenvalue weighted by Gasteiger charge is -1.70. The van der Waals surface area contributed by atoms with Gasteiger partial charge in [0.15, 0.2) is 0 Å². The summed E-state index contributed by atoms with van der Waals surface area (Å²) < 4.78 is 0. The first-order valence-electron chi connectivity index (χ1n) is 3.11. The van der Waals surface area contributed by atoms with E-state index in [2.05, 4.69) is 11.8 Å². The van der Waals surface area contributed by atoms with Gasteiger partial charge >= 0.3 is 0 Å². The van der Waals surface area contributed by atoms with Crippen LogP contribution in [0.15, 0.2) is 12.2 Å². The fourth-order valence-electron chi connectivity index (χ4n) is 0.552. The SMILES string of the molecule is C/C=C/C#C[C@@H]1C[C@H]1Cl. The summed E-state index contributed by atoms with van der Waals surface area (Å²) in [6, 6.07) is 0. The average molecular weight is 141 g/mol. The topological polar surface area (TPSA) is 0 Å². The van der Waals surface area contributed by atoms with Crippen LogP contribution < -0.4 is 0 Å². The third kappa shape index (κ3) is 2.11. The second-order valence-corrected chi connectivity index (χ2v) is 2.71. The fourth-order valence-corrected chi connectivity index (χ4v) is 0.807. The Morgan fingerprint density at radius 2 is 2.33 bits per heavy atom. The van der Waals surface area contributed by atoms with E-state index in [4.69, 9.17) is 11.6 Å². The maximum absolute atomic E-state index is 5.70. The molecule has 0 unspecified atom stereocenters. The highest BCUT2D eigenvalue weighted by atomic mass is 35.5. The van der Waals surface area contributed by atoms with E-state index in [1.807, 2.05) is 19.1 Å². The smallest absolute Gasteiger partial charge is 0.0486 e. The van der Waals surface area contributed by atoms with E-state index < -0.39 is 0 Å². The van der Waals surface area contributed by atoms with Gasteiger partial charge < -0.3 is 0 Å². The second-order valence-electron chi connectivity index (χ2n) is 2.15. The molecular formula is C8H9Cl. The van der Waals surface area contributed by atoms with Crippen molar-refractivity contribution in [2.75, 3.05) is 0 Å². The molecule has 0 radical (unpaired) electrons. The quantitative estimate of drug-likeness (QED) is 0.358. The van der Waals surface area contributed by atoms with E-state index in [0.29, 0.717) is 11.3 Å². The van der Waals surface area contributed by atoms with Gasteiger partial charge in [-0.05, 0) is 19.4 Å². The molecule has 0 aromatic rings. The maximum atomic E-state index is 5.70. The van der Waals surface area contributed by atoms with Crippen LogP contribution >= 0.6 is 11.6 Å². The van der Waals surface area contributed by atoms with E-state index in [0.717, 1.165) is 6.42 Å². The summed E-state index contributed by atoms with van der Waals surface area (Å²) in [5.41, 5.74) is 0. The highest BCUT2D eigenvalue weighted by molar-refractivity contribution is 6.22. The molecule has 1 aliphatic carbocycles. The summed E-state index contributed by atoms with van der Waals surface area (Å²) in [5, 5.41) is 0.336. The normalized spacial score (nSPS) is 31.8. The highest BCUT2D eigenvalue weighted by Crippen LogP contribution is 2.34. The van der Waals surface area contributed by atoms with Crippen LogP contribution in [0.1, 0.15) is 13.3 Å². The third-order valence-electron chi connectivity index (χ3n) is 1.23. The Balaban J connectivity index is 2.27. The minimum Gasteiger partial charge on any atom is -0.122 e. The largest absolute Gasteiger partial charge is 0.122 e. The number of hydrogen-bond donors (Lipinski definition) is 0. The molecule has 0 N–H and O–H groups in total. The zero-order chi connectivity index (χ0) is 6.69. The van der Waals surface area contributed by atoms with Crippen LogP contribution in [-0.4, -0.2) is 5.38 Å². The van der Waals surface area contributed by atoms with Gasteiger partial charge in [-0.2, -0.15) is 0 Å². The Labute approximate surface area is 60.9 Å². The lowest BCUT2D eigenvalue weighted by atomic mass is 10.4. The molecule has 0 spiro atoms. The van der Waals surface area contributed by atoms with Crippen LogP contribution in [0.2, 0.25) is 0 Å². The number of halogens is 1. The van der Waals surface area contributed by atoms with Gasteiger partial charge in [0, 0.05) is 11.3 Å². The molecule has 0 aromatic heterocycles. The van der Waals surface area contributed by atoms with Gasteiger partial charge in [-0.15, -0.1) is 11.6 Å². The highest BCUT2D eigenvalue weighted by Gasteiger charge is 2.33. The van der Waals surface area contributed by atoms with Crippen molar-refractivity contribution in [2.45, 2.75) is 18.7 Å². The van der Waals surface area contributed by atoms with Crippen molar-refractivity contribution < 1.29 is 0 Å². The second kappa shape index (κ2) is 2.94. The monoisotopic (exact) mass is 140 g/mol. The molecule has 2 atom stereocenters. The number of allylic oxidation sites excluding steroid dienone is 2. The van der Waals surface area contributed by atoms with Crippen LogP contribution in [0.3, 0.4) is 0 Å². The molecule has 48 valence electrons. The van der Waals surface area contributed by atoms with Gasteiger partial charge in [0.2, 0.25) is 0 Å².